The van der Waals surface area contributed by atoms with Gasteiger partial charge >= 0.3 is 0 Å². The minimum atomic E-state index is 0.103. The van der Waals surface area contributed by atoms with E-state index in [1.165, 1.54) is 0 Å². The summed E-state index contributed by atoms with van der Waals surface area (Å²) >= 11 is 1.67. The minimum Gasteiger partial charge on any atom is -0.351 e. The van der Waals surface area contributed by atoms with Gasteiger partial charge in [-0.3, -0.25) is 4.79 Å². The van der Waals surface area contributed by atoms with Crippen molar-refractivity contribution in [3.05, 3.63) is 0 Å². The average Bonchev–Trinajstić information content (AvgIpc) is 2.20. The largest absolute Gasteiger partial charge is 0.351 e. The second-order valence-electron chi connectivity index (χ2n) is 5.04. The third kappa shape index (κ3) is 9.04. The van der Waals surface area contributed by atoms with Crippen molar-refractivity contribution < 1.29 is 4.79 Å². The molecular formula is C12H26N2OS. The molecule has 0 aromatic heterocycles. The fourth-order valence-electron chi connectivity index (χ4n) is 1.25. The smallest absolute Gasteiger partial charge is 0.230 e. The summed E-state index contributed by atoms with van der Waals surface area (Å²) < 4.78 is 0.138. The number of unbranched alkanes of at least 4 members (excludes halogenated alkanes) is 1. The van der Waals surface area contributed by atoms with Gasteiger partial charge in [0.25, 0.3) is 0 Å². The number of hydrogen-bond donors (Lipinski definition) is 2. The molecule has 0 aromatic carbocycles. The summed E-state index contributed by atoms with van der Waals surface area (Å²) in [6.45, 7) is 9.02. The summed E-state index contributed by atoms with van der Waals surface area (Å²) in [5.74, 6) is 0.623. The lowest BCUT2D eigenvalue weighted by Gasteiger charge is -2.20. The maximum atomic E-state index is 11.6. The van der Waals surface area contributed by atoms with Gasteiger partial charge in [0.15, 0.2) is 0 Å². The van der Waals surface area contributed by atoms with Gasteiger partial charge in [-0.25, -0.2) is 0 Å². The quantitative estimate of drug-likeness (QED) is 0.724. The lowest BCUT2D eigenvalue weighted by molar-refractivity contribution is -0.119. The number of carbonyl (C=O) groups excluding carboxylic acids is 1. The molecule has 0 aliphatic heterocycles. The van der Waals surface area contributed by atoms with Crippen LogP contribution in [-0.2, 0) is 4.79 Å². The molecule has 96 valence electrons. The molecule has 0 aromatic rings. The molecule has 0 heterocycles. The summed E-state index contributed by atoms with van der Waals surface area (Å²) in [6, 6.07) is 0.146. The van der Waals surface area contributed by atoms with Crippen LogP contribution < -0.4 is 11.1 Å². The Morgan fingerprint density at radius 3 is 2.50 bits per heavy atom. The summed E-state index contributed by atoms with van der Waals surface area (Å²) in [4.78, 5) is 11.6. The van der Waals surface area contributed by atoms with Crippen molar-refractivity contribution in [2.24, 2.45) is 5.73 Å². The summed E-state index contributed by atoms with van der Waals surface area (Å²) in [6.07, 6.45) is 3.25. The van der Waals surface area contributed by atoms with Crippen molar-refractivity contribution in [1.29, 1.82) is 0 Å². The van der Waals surface area contributed by atoms with Gasteiger partial charge in [0.1, 0.15) is 0 Å². The van der Waals surface area contributed by atoms with Gasteiger partial charge in [-0.05, 0) is 6.42 Å². The second-order valence-corrected chi connectivity index (χ2v) is 6.85. The normalized spacial score (nSPS) is 13.6. The number of nitrogens with one attached hydrogen (secondary N) is 1. The van der Waals surface area contributed by atoms with Gasteiger partial charge in [-0.15, -0.1) is 11.8 Å². The molecule has 1 unspecified atom stereocenters. The van der Waals surface area contributed by atoms with E-state index in [1.807, 2.05) is 0 Å². The molecule has 0 bridgehead atoms. The first-order chi connectivity index (χ1) is 7.39. The van der Waals surface area contributed by atoms with Crippen molar-refractivity contribution in [2.45, 2.75) is 57.7 Å². The highest BCUT2D eigenvalue weighted by molar-refractivity contribution is 8.01. The van der Waals surface area contributed by atoms with Gasteiger partial charge < -0.3 is 11.1 Å². The number of hydrogen-bond acceptors (Lipinski definition) is 3. The Kier molecular flexibility index (Phi) is 7.85. The van der Waals surface area contributed by atoms with Gasteiger partial charge in [0, 0.05) is 17.3 Å². The Morgan fingerprint density at radius 1 is 1.44 bits per heavy atom. The third-order valence-electron chi connectivity index (χ3n) is 2.19. The fraction of sp³-hybridized carbons (Fsp3) is 0.917. The Balaban J connectivity index is 3.83. The van der Waals surface area contributed by atoms with E-state index in [4.69, 9.17) is 5.73 Å². The zero-order valence-electron chi connectivity index (χ0n) is 11.0. The van der Waals surface area contributed by atoms with Crippen molar-refractivity contribution in [2.75, 3.05) is 12.3 Å². The molecule has 0 saturated carbocycles. The number of carbonyl (C=O) groups is 1. The van der Waals surface area contributed by atoms with Crippen LogP contribution in [0.1, 0.15) is 47.0 Å². The lowest BCUT2D eigenvalue weighted by Crippen LogP contribution is -2.41. The second kappa shape index (κ2) is 7.96. The van der Waals surface area contributed by atoms with Crippen LogP contribution in [0.15, 0.2) is 0 Å². The average molecular weight is 246 g/mol. The van der Waals surface area contributed by atoms with Gasteiger partial charge in [-0.2, -0.15) is 0 Å². The van der Waals surface area contributed by atoms with Crippen LogP contribution >= 0.6 is 11.8 Å². The molecule has 1 atom stereocenters. The summed E-state index contributed by atoms with van der Waals surface area (Å²) in [5, 5.41) is 2.99. The molecule has 0 fully saturated rings. The van der Waals surface area contributed by atoms with Crippen LogP contribution in [0.4, 0.5) is 0 Å². The molecule has 1 amide bonds. The van der Waals surface area contributed by atoms with Crippen LogP contribution in [0.25, 0.3) is 0 Å². The van der Waals surface area contributed by atoms with Gasteiger partial charge in [0.2, 0.25) is 5.91 Å². The maximum absolute atomic E-state index is 11.6. The number of nitrogens with two attached hydrogens (primary N) is 1. The Labute approximate surface area is 104 Å². The number of rotatable bonds is 7. The van der Waals surface area contributed by atoms with Gasteiger partial charge in [0.05, 0.1) is 5.75 Å². The summed E-state index contributed by atoms with van der Waals surface area (Å²) in [5.41, 5.74) is 5.62. The molecule has 16 heavy (non-hydrogen) atoms. The van der Waals surface area contributed by atoms with Crippen LogP contribution in [0.2, 0.25) is 0 Å². The van der Waals surface area contributed by atoms with E-state index in [2.05, 4.69) is 33.0 Å². The number of amides is 1. The first kappa shape index (κ1) is 15.8. The van der Waals surface area contributed by atoms with Crippen LogP contribution in [0, 0.1) is 0 Å². The van der Waals surface area contributed by atoms with Crippen molar-refractivity contribution in [1.82, 2.24) is 5.32 Å². The zero-order chi connectivity index (χ0) is 12.6. The van der Waals surface area contributed by atoms with Crippen molar-refractivity contribution in [3.8, 4) is 0 Å². The van der Waals surface area contributed by atoms with E-state index in [0.717, 1.165) is 19.3 Å². The molecule has 0 aliphatic rings. The van der Waals surface area contributed by atoms with E-state index < -0.39 is 0 Å². The molecule has 0 radical (unpaired) electrons. The SMILES string of the molecule is CCCCC(CN)NC(=O)CSC(C)(C)C. The highest BCUT2D eigenvalue weighted by Gasteiger charge is 2.15. The molecule has 4 heteroatoms. The molecule has 3 N–H and O–H groups in total. The first-order valence-electron chi connectivity index (χ1n) is 6.02. The summed E-state index contributed by atoms with van der Waals surface area (Å²) in [7, 11) is 0. The van der Waals surface area contributed by atoms with Gasteiger partial charge in [-0.1, -0.05) is 40.5 Å². The zero-order valence-corrected chi connectivity index (χ0v) is 11.8. The monoisotopic (exact) mass is 246 g/mol. The Morgan fingerprint density at radius 2 is 2.06 bits per heavy atom. The molecule has 3 nitrogen and oxygen atoms in total. The molecule has 0 aliphatic carbocycles. The van der Waals surface area contributed by atoms with E-state index in [1.54, 1.807) is 11.8 Å². The van der Waals surface area contributed by atoms with E-state index >= 15 is 0 Å². The highest BCUT2D eigenvalue weighted by Crippen LogP contribution is 2.22. The van der Waals surface area contributed by atoms with Crippen LogP contribution in [0.5, 0.6) is 0 Å². The first-order valence-corrected chi connectivity index (χ1v) is 7.01. The predicted octanol–water partition coefficient (Wildman–Crippen LogP) is 2.15. The number of thioether (sulfide) groups is 1. The molecule has 0 saturated heterocycles. The third-order valence-corrected chi connectivity index (χ3v) is 3.46. The maximum Gasteiger partial charge on any atom is 0.230 e. The predicted molar refractivity (Wildman–Crippen MR) is 72.7 cm³/mol. The molecule has 0 spiro atoms. The fourth-order valence-corrected chi connectivity index (χ4v) is 1.90. The lowest BCUT2D eigenvalue weighted by atomic mass is 10.1. The molecular weight excluding hydrogens is 220 g/mol. The highest BCUT2D eigenvalue weighted by atomic mass is 32.2. The standard InChI is InChI=1S/C12H26N2OS/c1-5-6-7-10(8-13)14-11(15)9-16-12(2,3)4/h10H,5-9,13H2,1-4H3,(H,14,15). The van der Waals surface area contributed by atoms with Crippen molar-refractivity contribution >= 4 is 17.7 Å². The Bertz CT molecular complexity index is 202. The Hall–Kier alpha value is -0.220. The minimum absolute atomic E-state index is 0.103. The van der Waals surface area contributed by atoms with E-state index in [0.29, 0.717) is 12.3 Å². The van der Waals surface area contributed by atoms with Crippen LogP contribution in [-0.4, -0.2) is 29.0 Å². The topological polar surface area (TPSA) is 55.1 Å². The van der Waals surface area contributed by atoms with E-state index in [9.17, 15) is 4.79 Å². The van der Waals surface area contributed by atoms with Crippen molar-refractivity contribution in [3.63, 3.8) is 0 Å². The van der Waals surface area contributed by atoms with Crippen LogP contribution in [0.3, 0.4) is 0 Å². The van der Waals surface area contributed by atoms with E-state index in [-0.39, 0.29) is 16.7 Å². The molecule has 0 rings (SSSR count).